The predicted octanol–water partition coefficient (Wildman–Crippen LogP) is 3.45. The third-order valence-corrected chi connectivity index (χ3v) is 3.91. The quantitative estimate of drug-likeness (QED) is 0.646. The molecule has 3 aromatic rings. The van der Waals surface area contributed by atoms with Gasteiger partial charge in [-0.1, -0.05) is 24.3 Å². The Morgan fingerprint density at radius 2 is 2.04 bits per heavy atom. The fourth-order valence-corrected chi connectivity index (χ4v) is 2.64. The molecular formula is C19H20N4O2. The Labute approximate surface area is 146 Å². The molecule has 0 unspecified atom stereocenters. The molecule has 0 aliphatic carbocycles. The van der Waals surface area contributed by atoms with E-state index in [1.807, 2.05) is 42.1 Å². The number of nitrogens with zero attached hydrogens (tertiary/aromatic N) is 3. The molecule has 0 aliphatic heterocycles. The minimum atomic E-state index is -0.947. The highest BCUT2D eigenvalue weighted by Gasteiger charge is 2.14. The third kappa shape index (κ3) is 4.03. The van der Waals surface area contributed by atoms with Crippen LogP contribution in [0, 0.1) is 6.92 Å². The first kappa shape index (κ1) is 16.7. The molecule has 0 saturated carbocycles. The Bertz CT molecular complexity index is 856. The van der Waals surface area contributed by atoms with Crippen molar-refractivity contribution >= 4 is 11.8 Å². The van der Waals surface area contributed by atoms with Crippen LogP contribution < -0.4 is 5.32 Å². The third-order valence-electron chi connectivity index (χ3n) is 3.91. The maximum absolute atomic E-state index is 11.4. The molecule has 6 heteroatoms. The highest BCUT2D eigenvalue weighted by Crippen LogP contribution is 2.22. The van der Waals surface area contributed by atoms with Gasteiger partial charge in [-0.15, -0.1) is 0 Å². The van der Waals surface area contributed by atoms with E-state index in [4.69, 9.17) is 0 Å². The molecular weight excluding hydrogens is 316 g/mol. The maximum Gasteiger partial charge on any atom is 0.336 e. The lowest BCUT2D eigenvalue weighted by Crippen LogP contribution is -2.09. The number of rotatable bonds is 7. The minimum absolute atomic E-state index is 0.261. The number of carboxylic acids is 1. The van der Waals surface area contributed by atoms with E-state index in [9.17, 15) is 9.90 Å². The van der Waals surface area contributed by atoms with Crippen LogP contribution in [-0.4, -0.2) is 32.2 Å². The summed E-state index contributed by atoms with van der Waals surface area (Å²) < 4.78 is 1.98. The van der Waals surface area contributed by atoms with Crippen molar-refractivity contribution in [2.75, 3.05) is 11.9 Å². The van der Waals surface area contributed by atoms with Gasteiger partial charge in [-0.3, -0.25) is 0 Å². The van der Waals surface area contributed by atoms with Crippen molar-refractivity contribution < 1.29 is 9.90 Å². The van der Waals surface area contributed by atoms with Gasteiger partial charge >= 0.3 is 5.97 Å². The second-order valence-electron chi connectivity index (χ2n) is 5.80. The number of imidazole rings is 1. The molecule has 0 saturated heterocycles. The smallest absolute Gasteiger partial charge is 0.336 e. The summed E-state index contributed by atoms with van der Waals surface area (Å²) in [5.41, 5.74) is 2.02. The van der Waals surface area contributed by atoms with Crippen LogP contribution in [0.3, 0.4) is 0 Å². The zero-order valence-corrected chi connectivity index (χ0v) is 14.0. The van der Waals surface area contributed by atoms with Gasteiger partial charge in [-0.05, 0) is 31.0 Å². The number of aromatic nitrogens is 3. The first-order valence-electron chi connectivity index (χ1n) is 8.15. The van der Waals surface area contributed by atoms with E-state index in [2.05, 4.69) is 15.3 Å². The molecule has 6 nitrogen and oxygen atoms in total. The SMILES string of the molecule is Cc1ccc(NCCCn2ccnc2-c2ccccc2C(=O)O)nc1. The van der Waals surface area contributed by atoms with Crippen molar-refractivity contribution in [3.8, 4) is 11.4 Å². The van der Waals surface area contributed by atoms with Gasteiger partial charge in [-0.2, -0.15) is 0 Å². The summed E-state index contributed by atoms with van der Waals surface area (Å²) in [7, 11) is 0. The second-order valence-corrected chi connectivity index (χ2v) is 5.80. The molecule has 0 spiro atoms. The van der Waals surface area contributed by atoms with Crippen LogP contribution in [0.2, 0.25) is 0 Å². The summed E-state index contributed by atoms with van der Waals surface area (Å²) in [6.45, 7) is 3.52. The summed E-state index contributed by atoms with van der Waals surface area (Å²) in [5, 5.41) is 12.6. The largest absolute Gasteiger partial charge is 0.478 e. The molecule has 2 heterocycles. The molecule has 0 atom stereocenters. The Hall–Kier alpha value is -3.15. The van der Waals surface area contributed by atoms with Gasteiger partial charge in [0.05, 0.1) is 5.56 Å². The highest BCUT2D eigenvalue weighted by atomic mass is 16.4. The zero-order valence-electron chi connectivity index (χ0n) is 14.0. The molecule has 3 rings (SSSR count). The lowest BCUT2D eigenvalue weighted by atomic mass is 10.1. The van der Waals surface area contributed by atoms with Gasteiger partial charge in [0.1, 0.15) is 11.6 Å². The highest BCUT2D eigenvalue weighted by molar-refractivity contribution is 5.95. The van der Waals surface area contributed by atoms with E-state index >= 15 is 0 Å². The van der Waals surface area contributed by atoms with Crippen molar-refractivity contribution in [2.45, 2.75) is 19.9 Å². The first-order chi connectivity index (χ1) is 12.1. The summed E-state index contributed by atoms with van der Waals surface area (Å²) in [5.74, 6) is 0.580. The van der Waals surface area contributed by atoms with Gasteiger partial charge in [0.15, 0.2) is 0 Å². The molecule has 128 valence electrons. The number of hydrogen-bond acceptors (Lipinski definition) is 4. The maximum atomic E-state index is 11.4. The normalized spacial score (nSPS) is 10.6. The van der Waals surface area contributed by atoms with Crippen LogP contribution in [0.25, 0.3) is 11.4 Å². The number of carbonyl (C=O) groups is 1. The molecule has 0 bridgehead atoms. The van der Waals surface area contributed by atoms with Crippen LogP contribution in [-0.2, 0) is 6.54 Å². The van der Waals surface area contributed by atoms with Crippen LogP contribution in [0.1, 0.15) is 22.3 Å². The first-order valence-corrected chi connectivity index (χ1v) is 8.15. The number of aryl methyl sites for hydroxylation is 2. The van der Waals surface area contributed by atoms with E-state index < -0.39 is 5.97 Å². The number of anilines is 1. The predicted molar refractivity (Wildman–Crippen MR) is 96.7 cm³/mol. The summed E-state index contributed by atoms with van der Waals surface area (Å²) in [4.78, 5) is 20.1. The summed E-state index contributed by atoms with van der Waals surface area (Å²) in [6, 6.07) is 10.9. The van der Waals surface area contributed by atoms with E-state index in [1.165, 1.54) is 0 Å². The summed E-state index contributed by atoms with van der Waals surface area (Å²) >= 11 is 0. The number of aromatic carboxylic acids is 1. The van der Waals surface area contributed by atoms with Crippen LogP contribution in [0.4, 0.5) is 5.82 Å². The molecule has 0 aliphatic rings. The second kappa shape index (κ2) is 7.61. The minimum Gasteiger partial charge on any atom is -0.478 e. The van der Waals surface area contributed by atoms with Crippen molar-refractivity contribution in [3.05, 3.63) is 66.1 Å². The van der Waals surface area contributed by atoms with Crippen molar-refractivity contribution in [2.24, 2.45) is 0 Å². The molecule has 2 N–H and O–H groups in total. The molecule has 0 radical (unpaired) electrons. The Morgan fingerprint density at radius 3 is 2.80 bits per heavy atom. The number of pyridine rings is 1. The molecule has 2 aromatic heterocycles. The Balaban J connectivity index is 1.64. The van der Waals surface area contributed by atoms with Crippen molar-refractivity contribution in [1.82, 2.24) is 14.5 Å². The number of hydrogen-bond donors (Lipinski definition) is 2. The van der Waals surface area contributed by atoms with E-state index in [0.717, 1.165) is 30.9 Å². The topological polar surface area (TPSA) is 80.0 Å². The standard InChI is InChI=1S/C19H20N4O2/c1-14-7-8-17(22-13-14)20-9-4-11-23-12-10-21-18(23)15-5-2-3-6-16(15)19(24)25/h2-3,5-8,10,12-13H,4,9,11H2,1H3,(H,20,22)(H,24,25). The van der Waals surface area contributed by atoms with Crippen molar-refractivity contribution in [3.63, 3.8) is 0 Å². The Kier molecular flexibility index (Phi) is 5.09. The average molecular weight is 336 g/mol. The van der Waals surface area contributed by atoms with E-state index in [1.54, 1.807) is 24.4 Å². The van der Waals surface area contributed by atoms with Gasteiger partial charge in [0.2, 0.25) is 0 Å². The van der Waals surface area contributed by atoms with Gasteiger partial charge in [0.25, 0.3) is 0 Å². The fraction of sp³-hybridized carbons (Fsp3) is 0.211. The van der Waals surface area contributed by atoms with Gasteiger partial charge in [-0.25, -0.2) is 14.8 Å². The Morgan fingerprint density at radius 1 is 1.20 bits per heavy atom. The lowest BCUT2D eigenvalue weighted by molar-refractivity contribution is 0.0697. The average Bonchev–Trinajstić information content (AvgIpc) is 3.08. The zero-order chi connectivity index (χ0) is 17.6. The molecule has 1 aromatic carbocycles. The number of nitrogens with one attached hydrogen (secondary N) is 1. The van der Waals surface area contributed by atoms with Gasteiger partial charge in [0, 0.05) is 37.2 Å². The molecule has 0 fully saturated rings. The molecule has 0 amide bonds. The monoisotopic (exact) mass is 336 g/mol. The number of carboxylic acid groups (broad SMARTS) is 1. The van der Waals surface area contributed by atoms with Crippen LogP contribution >= 0.6 is 0 Å². The number of benzene rings is 1. The van der Waals surface area contributed by atoms with Crippen molar-refractivity contribution in [1.29, 1.82) is 0 Å². The van der Waals surface area contributed by atoms with Crippen LogP contribution in [0.5, 0.6) is 0 Å². The van der Waals surface area contributed by atoms with E-state index in [0.29, 0.717) is 11.4 Å². The fourth-order valence-electron chi connectivity index (χ4n) is 2.64. The van der Waals surface area contributed by atoms with E-state index in [-0.39, 0.29) is 5.56 Å². The molecule has 25 heavy (non-hydrogen) atoms. The lowest BCUT2D eigenvalue weighted by Gasteiger charge is -2.11. The van der Waals surface area contributed by atoms with Gasteiger partial charge < -0.3 is 15.0 Å². The van der Waals surface area contributed by atoms with Crippen LogP contribution in [0.15, 0.2) is 55.0 Å². The summed E-state index contributed by atoms with van der Waals surface area (Å²) in [6.07, 6.45) is 6.27.